The first-order valence-electron chi connectivity index (χ1n) is 6.20. The first-order valence-corrected chi connectivity index (χ1v) is 7.00. The third-order valence-electron chi connectivity index (χ3n) is 2.91. The average Bonchev–Trinajstić information content (AvgIpc) is 2.38. The van der Waals surface area contributed by atoms with Crippen LogP contribution >= 0.6 is 15.9 Å². The molecule has 1 aromatic rings. The van der Waals surface area contributed by atoms with Gasteiger partial charge in [0.05, 0.1) is 7.11 Å². The Labute approximate surface area is 121 Å². The molecule has 19 heavy (non-hydrogen) atoms. The zero-order chi connectivity index (χ0) is 14.5. The van der Waals surface area contributed by atoms with E-state index in [1.54, 1.807) is 19.1 Å². The van der Waals surface area contributed by atoms with Gasteiger partial charge in [0.2, 0.25) is 5.88 Å². The van der Waals surface area contributed by atoms with Crippen LogP contribution in [0.1, 0.15) is 33.1 Å². The lowest BCUT2D eigenvalue weighted by atomic mass is 9.94. The van der Waals surface area contributed by atoms with Crippen LogP contribution < -0.4 is 10.1 Å². The summed E-state index contributed by atoms with van der Waals surface area (Å²) in [5, 5.41) is 13.0. The van der Waals surface area contributed by atoms with Gasteiger partial charge in [0.25, 0.3) is 5.91 Å². The highest BCUT2D eigenvalue weighted by Gasteiger charge is 2.32. The highest BCUT2D eigenvalue weighted by Crippen LogP contribution is 2.24. The average molecular weight is 331 g/mol. The molecule has 0 aliphatic heterocycles. The molecule has 5 nitrogen and oxygen atoms in total. The number of hydrogen-bond donors (Lipinski definition) is 2. The van der Waals surface area contributed by atoms with E-state index in [1.165, 1.54) is 7.11 Å². The van der Waals surface area contributed by atoms with Crippen LogP contribution in [-0.4, -0.2) is 28.7 Å². The molecular formula is C13H19BrN2O3. The molecule has 1 heterocycles. The van der Waals surface area contributed by atoms with Crippen LogP contribution in [0.2, 0.25) is 0 Å². The van der Waals surface area contributed by atoms with Gasteiger partial charge in [-0.05, 0) is 34.8 Å². The Morgan fingerprint density at radius 3 is 2.74 bits per heavy atom. The lowest BCUT2D eigenvalue weighted by molar-refractivity contribution is -0.135. The number of methoxy groups -OCH3 is 1. The van der Waals surface area contributed by atoms with Crippen LogP contribution in [0.4, 0.5) is 5.69 Å². The summed E-state index contributed by atoms with van der Waals surface area (Å²) in [7, 11) is 1.50. The van der Waals surface area contributed by atoms with Crippen molar-refractivity contribution in [3.05, 3.63) is 16.7 Å². The molecule has 0 spiro atoms. The molecule has 1 atom stereocenters. The number of nitrogens with one attached hydrogen (secondary N) is 1. The fourth-order valence-electron chi connectivity index (χ4n) is 1.76. The third kappa shape index (κ3) is 4.18. The number of pyridine rings is 1. The van der Waals surface area contributed by atoms with Crippen molar-refractivity contribution in [1.82, 2.24) is 4.98 Å². The SMILES string of the molecule is CCCC(O)(CC)C(=O)Nc1cc(Br)nc(OC)c1. The topological polar surface area (TPSA) is 71.5 Å². The summed E-state index contributed by atoms with van der Waals surface area (Å²) >= 11 is 3.24. The van der Waals surface area contributed by atoms with E-state index in [1.807, 2.05) is 6.92 Å². The Balaban J connectivity index is 2.89. The molecule has 0 bridgehead atoms. The minimum atomic E-state index is -1.34. The van der Waals surface area contributed by atoms with Crippen molar-refractivity contribution in [2.24, 2.45) is 0 Å². The molecule has 0 radical (unpaired) electrons. The van der Waals surface area contributed by atoms with Gasteiger partial charge < -0.3 is 15.2 Å². The molecule has 106 valence electrons. The second-order valence-electron chi connectivity index (χ2n) is 4.31. The Hall–Kier alpha value is -1.14. The van der Waals surface area contributed by atoms with E-state index in [0.717, 1.165) is 6.42 Å². The molecule has 0 saturated heterocycles. The summed E-state index contributed by atoms with van der Waals surface area (Å²) in [6.07, 6.45) is 1.54. The molecule has 1 aromatic heterocycles. The fourth-order valence-corrected chi connectivity index (χ4v) is 2.18. The van der Waals surface area contributed by atoms with Crippen molar-refractivity contribution < 1.29 is 14.6 Å². The Morgan fingerprint density at radius 2 is 2.21 bits per heavy atom. The van der Waals surface area contributed by atoms with Gasteiger partial charge in [0, 0.05) is 11.8 Å². The van der Waals surface area contributed by atoms with Crippen molar-refractivity contribution >= 4 is 27.5 Å². The number of anilines is 1. The number of ether oxygens (including phenoxy) is 1. The maximum absolute atomic E-state index is 12.1. The molecule has 6 heteroatoms. The normalized spacial score (nSPS) is 13.7. The van der Waals surface area contributed by atoms with E-state index in [2.05, 4.69) is 26.2 Å². The number of aromatic nitrogens is 1. The largest absolute Gasteiger partial charge is 0.481 e. The summed E-state index contributed by atoms with van der Waals surface area (Å²) in [5.41, 5.74) is -0.802. The smallest absolute Gasteiger partial charge is 0.256 e. The summed E-state index contributed by atoms with van der Waals surface area (Å²) in [6, 6.07) is 3.26. The molecule has 1 rings (SSSR count). The minimum Gasteiger partial charge on any atom is -0.481 e. The van der Waals surface area contributed by atoms with E-state index in [9.17, 15) is 9.90 Å². The van der Waals surface area contributed by atoms with Crippen molar-refractivity contribution in [2.75, 3.05) is 12.4 Å². The van der Waals surface area contributed by atoms with Gasteiger partial charge in [-0.25, -0.2) is 4.98 Å². The highest BCUT2D eigenvalue weighted by atomic mass is 79.9. The molecule has 2 N–H and O–H groups in total. The summed E-state index contributed by atoms with van der Waals surface area (Å²) < 4.78 is 5.58. The third-order valence-corrected chi connectivity index (χ3v) is 3.31. The molecule has 0 saturated carbocycles. The van der Waals surface area contributed by atoms with Crippen molar-refractivity contribution in [3.8, 4) is 5.88 Å². The van der Waals surface area contributed by atoms with Crippen LogP contribution in [0, 0.1) is 0 Å². The number of aliphatic hydroxyl groups is 1. The zero-order valence-corrected chi connectivity index (χ0v) is 13.0. The molecule has 1 amide bonds. The maximum atomic E-state index is 12.1. The van der Waals surface area contributed by atoms with Crippen molar-refractivity contribution in [2.45, 2.75) is 38.7 Å². The first-order chi connectivity index (χ1) is 8.95. The monoisotopic (exact) mass is 330 g/mol. The minimum absolute atomic E-state index is 0.371. The first kappa shape index (κ1) is 15.9. The number of hydrogen-bond acceptors (Lipinski definition) is 4. The van der Waals surface area contributed by atoms with Crippen LogP contribution in [0.3, 0.4) is 0 Å². The summed E-state index contributed by atoms with van der Waals surface area (Å²) in [4.78, 5) is 16.2. The highest BCUT2D eigenvalue weighted by molar-refractivity contribution is 9.10. The van der Waals surface area contributed by atoms with Crippen LogP contribution in [-0.2, 0) is 4.79 Å². The lowest BCUT2D eigenvalue weighted by Crippen LogP contribution is -2.42. The van der Waals surface area contributed by atoms with Crippen LogP contribution in [0.15, 0.2) is 16.7 Å². The molecule has 1 unspecified atom stereocenters. The van der Waals surface area contributed by atoms with Gasteiger partial charge in [-0.3, -0.25) is 4.79 Å². The Morgan fingerprint density at radius 1 is 1.53 bits per heavy atom. The predicted molar refractivity (Wildman–Crippen MR) is 77.3 cm³/mol. The zero-order valence-electron chi connectivity index (χ0n) is 11.4. The van der Waals surface area contributed by atoms with Gasteiger partial charge in [0.15, 0.2) is 0 Å². The van der Waals surface area contributed by atoms with Gasteiger partial charge in [-0.1, -0.05) is 20.3 Å². The van der Waals surface area contributed by atoms with E-state index >= 15 is 0 Å². The van der Waals surface area contributed by atoms with E-state index < -0.39 is 11.5 Å². The molecule has 0 aromatic carbocycles. The van der Waals surface area contributed by atoms with E-state index in [4.69, 9.17) is 4.74 Å². The van der Waals surface area contributed by atoms with Crippen LogP contribution in [0.5, 0.6) is 5.88 Å². The number of amides is 1. The van der Waals surface area contributed by atoms with Crippen molar-refractivity contribution in [1.29, 1.82) is 0 Å². The maximum Gasteiger partial charge on any atom is 0.256 e. The molecule has 0 aliphatic carbocycles. The molecule has 0 fully saturated rings. The summed E-state index contributed by atoms with van der Waals surface area (Å²) in [5.74, 6) is -0.0165. The number of halogens is 1. The second kappa shape index (κ2) is 6.86. The van der Waals surface area contributed by atoms with Gasteiger partial charge in [-0.15, -0.1) is 0 Å². The van der Waals surface area contributed by atoms with Gasteiger partial charge >= 0.3 is 0 Å². The summed E-state index contributed by atoms with van der Waals surface area (Å²) in [6.45, 7) is 3.72. The quantitative estimate of drug-likeness (QED) is 0.787. The predicted octanol–water partition coefficient (Wildman–Crippen LogP) is 2.73. The number of carbonyl (C=O) groups excluding carboxylic acids is 1. The Bertz CT molecular complexity index is 454. The van der Waals surface area contributed by atoms with Gasteiger partial charge in [0.1, 0.15) is 10.2 Å². The van der Waals surface area contributed by atoms with E-state index in [0.29, 0.717) is 29.0 Å². The van der Waals surface area contributed by atoms with Crippen molar-refractivity contribution in [3.63, 3.8) is 0 Å². The molecular weight excluding hydrogens is 312 g/mol. The molecule has 0 aliphatic rings. The van der Waals surface area contributed by atoms with E-state index in [-0.39, 0.29) is 0 Å². The fraction of sp³-hybridized carbons (Fsp3) is 0.538. The second-order valence-corrected chi connectivity index (χ2v) is 5.12. The number of rotatable bonds is 6. The number of carbonyl (C=O) groups is 1. The van der Waals surface area contributed by atoms with Gasteiger partial charge in [-0.2, -0.15) is 0 Å². The lowest BCUT2D eigenvalue weighted by Gasteiger charge is -2.25. The van der Waals surface area contributed by atoms with Crippen LogP contribution in [0.25, 0.3) is 0 Å². The Kier molecular flexibility index (Phi) is 5.75. The standard InChI is InChI=1S/C13H19BrN2O3/c1-4-6-13(18,5-2)12(17)15-9-7-10(14)16-11(8-9)19-3/h7-8,18H,4-6H2,1-3H3,(H,15,16,17). The number of nitrogens with zero attached hydrogens (tertiary/aromatic N) is 1.